The van der Waals surface area contributed by atoms with Crippen molar-refractivity contribution < 1.29 is 19.2 Å². The lowest BCUT2D eigenvalue weighted by atomic mass is 10.1. The van der Waals surface area contributed by atoms with Gasteiger partial charge in [0, 0.05) is 23.9 Å². The van der Waals surface area contributed by atoms with E-state index in [0.29, 0.717) is 5.56 Å². The lowest BCUT2D eigenvalue weighted by Gasteiger charge is -2.03. The molecule has 2 rings (SSSR count). The first-order chi connectivity index (χ1) is 9.16. The van der Waals surface area contributed by atoms with Crippen LogP contribution < -0.4 is 5.32 Å². The lowest BCUT2D eigenvalue weighted by Crippen LogP contribution is -2.15. The molecule has 2 aromatic rings. The van der Waals surface area contributed by atoms with Crippen LogP contribution >= 0.6 is 0 Å². The highest BCUT2D eigenvalue weighted by Crippen LogP contribution is 2.10. The fraction of sp³-hybridized carbons (Fsp3) is 0. The van der Waals surface area contributed by atoms with E-state index in [2.05, 4.69) is 20.0 Å². The van der Waals surface area contributed by atoms with Crippen molar-refractivity contribution >= 4 is 23.8 Å². The first-order valence-electron chi connectivity index (χ1n) is 5.24. The van der Waals surface area contributed by atoms with Crippen molar-refractivity contribution in [3.05, 3.63) is 48.0 Å². The molecule has 0 saturated carbocycles. The zero-order valence-electron chi connectivity index (χ0n) is 9.61. The van der Waals surface area contributed by atoms with Gasteiger partial charge in [0.25, 0.3) is 5.91 Å². The van der Waals surface area contributed by atoms with E-state index in [1.807, 2.05) is 0 Å². The normalized spacial score (nSPS) is 10.5. The molecule has 0 aliphatic heterocycles. The smallest absolute Gasteiger partial charge is 0.328 e. The monoisotopic (exact) mass is 259 g/mol. The number of hydrogen-bond acceptors (Lipinski definition) is 5. The van der Waals surface area contributed by atoms with Gasteiger partial charge in [-0.3, -0.25) is 9.78 Å². The lowest BCUT2D eigenvalue weighted by molar-refractivity contribution is -0.131. The molecule has 7 heteroatoms. The van der Waals surface area contributed by atoms with Crippen molar-refractivity contribution in [1.82, 2.24) is 10.1 Å². The number of carbonyl (C=O) groups excluding carboxylic acids is 1. The number of aliphatic carboxylic acids is 1. The summed E-state index contributed by atoms with van der Waals surface area (Å²) in [5.74, 6) is -1.35. The Hall–Kier alpha value is -2.96. The van der Waals surface area contributed by atoms with Crippen LogP contribution in [0.4, 0.5) is 5.82 Å². The number of nitrogens with zero attached hydrogens (tertiary/aromatic N) is 2. The number of carbonyl (C=O) groups is 2. The maximum absolute atomic E-state index is 11.9. The molecule has 1 amide bonds. The van der Waals surface area contributed by atoms with E-state index in [1.54, 1.807) is 12.1 Å². The van der Waals surface area contributed by atoms with Crippen molar-refractivity contribution in [2.45, 2.75) is 0 Å². The van der Waals surface area contributed by atoms with Gasteiger partial charge in [-0.15, -0.1) is 0 Å². The predicted octanol–water partition coefficient (Wildman–Crippen LogP) is 1.42. The first kappa shape index (κ1) is 12.5. The second kappa shape index (κ2) is 5.58. The maximum atomic E-state index is 11.9. The van der Waals surface area contributed by atoms with E-state index in [-0.39, 0.29) is 11.5 Å². The minimum Gasteiger partial charge on any atom is -0.478 e. The summed E-state index contributed by atoms with van der Waals surface area (Å²) in [7, 11) is 0. The van der Waals surface area contributed by atoms with E-state index >= 15 is 0 Å². The molecule has 0 spiro atoms. The molecule has 0 aliphatic rings. The number of amides is 1. The summed E-state index contributed by atoms with van der Waals surface area (Å²) in [5, 5.41) is 14.6. The minimum atomic E-state index is -1.10. The van der Waals surface area contributed by atoms with Gasteiger partial charge in [-0.25, -0.2) is 4.79 Å². The molecule has 0 atom stereocenters. The highest BCUT2D eigenvalue weighted by Gasteiger charge is 2.12. The van der Waals surface area contributed by atoms with Crippen LogP contribution in [0.1, 0.15) is 16.1 Å². The molecule has 19 heavy (non-hydrogen) atoms. The van der Waals surface area contributed by atoms with E-state index in [4.69, 9.17) is 5.11 Å². The highest BCUT2D eigenvalue weighted by atomic mass is 16.5. The van der Waals surface area contributed by atoms with Gasteiger partial charge in [0.2, 0.25) is 0 Å². The zero-order chi connectivity index (χ0) is 13.7. The molecule has 2 N–H and O–H groups in total. The Morgan fingerprint density at radius 1 is 1.37 bits per heavy atom. The van der Waals surface area contributed by atoms with Crippen LogP contribution in [0.25, 0.3) is 6.08 Å². The van der Waals surface area contributed by atoms with Crippen LogP contribution in [0, 0.1) is 0 Å². The van der Waals surface area contributed by atoms with E-state index in [9.17, 15) is 9.59 Å². The second-order valence-electron chi connectivity index (χ2n) is 3.45. The first-order valence-corrected chi connectivity index (χ1v) is 5.24. The Morgan fingerprint density at radius 3 is 2.89 bits per heavy atom. The summed E-state index contributed by atoms with van der Waals surface area (Å²) in [4.78, 5) is 26.3. The van der Waals surface area contributed by atoms with Crippen molar-refractivity contribution in [2.75, 3.05) is 5.32 Å². The topological polar surface area (TPSA) is 105 Å². The molecule has 2 aromatic heterocycles. The predicted molar refractivity (Wildman–Crippen MR) is 65.4 cm³/mol. The Bertz CT molecular complexity index is 620. The van der Waals surface area contributed by atoms with Gasteiger partial charge < -0.3 is 14.9 Å². The van der Waals surface area contributed by atoms with Crippen molar-refractivity contribution in [1.29, 1.82) is 0 Å². The zero-order valence-corrected chi connectivity index (χ0v) is 9.61. The average molecular weight is 259 g/mol. The highest BCUT2D eigenvalue weighted by molar-refractivity contribution is 6.05. The number of carboxylic acids is 1. The van der Waals surface area contributed by atoms with Gasteiger partial charge >= 0.3 is 5.97 Å². The fourth-order valence-electron chi connectivity index (χ4n) is 1.36. The standard InChI is InChI=1S/C12H9N3O4/c16-10(17)4-3-8-2-1-6-13-11(8)12(18)14-9-5-7-19-15-9/h1-7H,(H,16,17)(H,14,15,18)/b4-3+. The molecule has 0 aliphatic carbocycles. The van der Waals surface area contributed by atoms with Gasteiger partial charge in [0.05, 0.1) is 0 Å². The Balaban J connectivity index is 2.24. The summed E-state index contributed by atoms with van der Waals surface area (Å²) >= 11 is 0. The van der Waals surface area contributed by atoms with Gasteiger partial charge in [-0.1, -0.05) is 11.2 Å². The number of hydrogen-bond donors (Lipinski definition) is 2. The third kappa shape index (κ3) is 3.25. The summed E-state index contributed by atoms with van der Waals surface area (Å²) in [5.41, 5.74) is 0.494. The molecule has 96 valence electrons. The molecule has 0 fully saturated rings. The van der Waals surface area contributed by atoms with Crippen LogP contribution in [0.2, 0.25) is 0 Å². The Labute approximate surface area is 107 Å². The number of nitrogens with one attached hydrogen (secondary N) is 1. The molecule has 0 unspecified atom stereocenters. The molecule has 0 bridgehead atoms. The minimum absolute atomic E-state index is 0.100. The summed E-state index contributed by atoms with van der Waals surface area (Å²) in [6.45, 7) is 0. The molecule has 0 saturated heterocycles. The van der Waals surface area contributed by atoms with Crippen molar-refractivity contribution in [3.63, 3.8) is 0 Å². The van der Waals surface area contributed by atoms with Gasteiger partial charge in [-0.05, 0) is 12.1 Å². The average Bonchev–Trinajstić information content (AvgIpc) is 2.89. The van der Waals surface area contributed by atoms with E-state index in [1.165, 1.54) is 24.6 Å². The third-order valence-electron chi connectivity index (χ3n) is 2.14. The number of aromatic nitrogens is 2. The SMILES string of the molecule is O=C(O)/C=C/c1cccnc1C(=O)Nc1ccon1. The number of carboxylic acid groups (broad SMARTS) is 1. The van der Waals surface area contributed by atoms with Crippen LogP contribution in [0.15, 0.2) is 41.3 Å². The molecular weight excluding hydrogens is 250 g/mol. The van der Waals surface area contributed by atoms with Crippen LogP contribution in [0.5, 0.6) is 0 Å². The Kier molecular flexibility index (Phi) is 3.67. The molecule has 0 radical (unpaired) electrons. The fourth-order valence-corrected chi connectivity index (χ4v) is 1.36. The Morgan fingerprint density at radius 2 is 2.21 bits per heavy atom. The number of rotatable bonds is 4. The third-order valence-corrected chi connectivity index (χ3v) is 2.14. The quantitative estimate of drug-likeness (QED) is 0.804. The number of pyridine rings is 1. The van der Waals surface area contributed by atoms with Crippen molar-refractivity contribution in [3.8, 4) is 0 Å². The maximum Gasteiger partial charge on any atom is 0.328 e. The molecule has 0 aromatic carbocycles. The van der Waals surface area contributed by atoms with Gasteiger partial charge in [-0.2, -0.15) is 0 Å². The van der Waals surface area contributed by atoms with Crippen molar-refractivity contribution in [2.24, 2.45) is 0 Å². The van der Waals surface area contributed by atoms with Crippen LogP contribution in [-0.2, 0) is 4.79 Å². The number of anilines is 1. The van der Waals surface area contributed by atoms with Gasteiger partial charge in [0.15, 0.2) is 5.82 Å². The van der Waals surface area contributed by atoms with Crippen LogP contribution in [0.3, 0.4) is 0 Å². The van der Waals surface area contributed by atoms with Crippen LogP contribution in [-0.4, -0.2) is 27.1 Å². The summed E-state index contributed by atoms with van der Waals surface area (Å²) in [6, 6.07) is 4.67. The summed E-state index contributed by atoms with van der Waals surface area (Å²) in [6.07, 6.45) is 4.99. The van der Waals surface area contributed by atoms with Gasteiger partial charge in [0.1, 0.15) is 12.0 Å². The van der Waals surface area contributed by atoms with E-state index < -0.39 is 11.9 Å². The molecular formula is C12H9N3O4. The molecule has 7 nitrogen and oxygen atoms in total. The van der Waals surface area contributed by atoms with E-state index in [0.717, 1.165) is 6.08 Å². The summed E-state index contributed by atoms with van der Waals surface area (Å²) < 4.78 is 4.58. The molecule has 2 heterocycles. The second-order valence-corrected chi connectivity index (χ2v) is 3.45. The largest absolute Gasteiger partial charge is 0.478 e.